The summed E-state index contributed by atoms with van der Waals surface area (Å²) in [5.74, 6) is 2.64. The summed E-state index contributed by atoms with van der Waals surface area (Å²) in [6.07, 6.45) is 4.60. The normalized spacial score (nSPS) is 12.6. The van der Waals surface area contributed by atoms with Crippen molar-refractivity contribution in [3.05, 3.63) is 10.1 Å². The molecule has 3 heteroatoms. The first-order valence-electron chi connectivity index (χ1n) is 7.84. The average molecular weight is 306 g/mol. The van der Waals surface area contributed by atoms with E-state index in [1.165, 1.54) is 12.8 Å². The van der Waals surface area contributed by atoms with Gasteiger partial charge in [0.25, 0.3) is 0 Å². The van der Waals surface area contributed by atoms with Gasteiger partial charge in [-0.2, -0.15) is 0 Å². The lowest BCUT2D eigenvalue weighted by Crippen LogP contribution is -2.15. The van der Waals surface area contributed by atoms with Gasteiger partial charge < -0.3 is 0 Å². The largest absolute Gasteiger partial charge is 0.265 e. The summed E-state index contributed by atoms with van der Waals surface area (Å²) in [5.41, 5.74) is 0. The van der Waals surface area contributed by atoms with E-state index in [1.807, 2.05) is 6.92 Å². The Morgan fingerprint density at radius 3 is 1.48 bits per heavy atom. The van der Waals surface area contributed by atoms with Crippen molar-refractivity contribution >= 4 is 0 Å². The van der Waals surface area contributed by atoms with Crippen LogP contribution in [0.1, 0.15) is 89.0 Å². The molecular weight excluding hydrogens is 262 g/mol. The molecule has 0 aromatic heterocycles. The minimum Gasteiger partial charge on any atom is -0.265 e. The Morgan fingerprint density at radius 2 is 1.29 bits per heavy atom. The predicted molar refractivity (Wildman–Crippen MR) is 97.5 cm³/mol. The van der Waals surface area contributed by atoms with E-state index in [0.717, 1.165) is 24.7 Å². The molecule has 0 amide bonds. The first-order valence-corrected chi connectivity index (χ1v) is 7.84. The van der Waals surface area contributed by atoms with Crippen molar-refractivity contribution in [1.29, 1.82) is 0 Å². The third kappa shape index (κ3) is 24.8. The van der Waals surface area contributed by atoms with E-state index in [9.17, 15) is 10.1 Å². The predicted octanol–water partition coefficient (Wildman–Crippen LogP) is 6.69. The van der Waals surface area contributed by atoms with E-state index < -0.39 is 0 Å². The van der Waals surface area contributed by atoms with Crippen molar-refractivity contribution in [2.45, 2.75) is 89.0 Å². The summed E-state index contributed by atoms with van der Waals surface area (Å²) in [4.78, 5) is 9.94. The van der Waals surface area contributed by atoms with E-state index in [0.29, 0.717) is 5.92 Å². The Labute approximate surface area is 135 Å². The third-order valence-electron chi connectivity index (χ3n) is 3.36. The minimum atomic E-state index is -0.212. The lowest BCUT2D eigenvalue weighted by molar-refractivity contribution is -0.488. The molecule has 3 nitrogen and oxygen atoms in total. The molecule has 21 heavy (non-hydrogen) atoms. The molecule has 0 aliphatic rings. The molecule has 0 aromatic rings. The molecule has 0 saturated carbocycles. The maximum Gasteiger partial charge on any atom is 0.206 e. The van der Waals surface area contributed by atoms with E-state index in [4.69, 9.17) is 0 Å². The summed E-state index contributed by atoms with van der Waals surface area (Å²) in [5, 5.41) is 10.2. The fraction of sp³-hybridized carbons (Fsp3) is 1.00. The van der Waals surface area contributed by atoms with Gasteiger partial charge in [-0.15, -0.1) is 0 Å². The Hall–Kier alpha value is -0.600. The standard InChI is InChI=1S/C8H17NO2.C8H18.2CH4/c1-4-8(5-7(2)3)6-9(10)11;1-5-8(4)6-7(2)3;;/h7-8H,4-6H2,1-3H3;7-8H,5-6H2,1-4H3;2*1H4/t2*8-;;/m10../s1. The highest BCUT2D eigenvalue weighted by atomic mass is 16.6. The van der Waals surface area contributed by atoms with E-state index >= 15 is 0 Å². The number of hydrogen-bond donors (Lipinski definition) is 0. The second-order valence-electron chi connectivity index (χ2n) is 6.56. The highest BCUT2D eigenvalue weighted by Gasteiger charge is 2.14. The smallest absolute Gasteiger partial charge is 0.206 e. The molecule has 0 spiro atoms. The van der Waals surface area contributed by atoms with Crippen LogP contribution in [0.2, 0.25) is 0 Å². The molecule has 0 bridgehead atoms. The van der Waals surface area contributed by atoms with Gasteiger partial charge in [-0.25, -0.2) is 0 Å². The first kappa shape index (κ1) is 28.5. The van der Waals surface area contributed by atoms with Crippen LogP contribution in [0.25, 0.3) is 0 Å². The molecule has 0 aliphatic heterocycles. The molecule has 0 rings (SSSR count). The number of rotatable bonds is 8. The monoisotopic (exact) mass is 305 g/mol. The summed E-state index contributed by atoms with van der Waals surface area (Å²) in [6.45, 7) is 15.5. The molecule has 132 valence electrons. The van der Waals surface area contributed by atoms with Crippen LogP contribution in [0.15, 0.2) is 0 Å². The van der Waals surface area contributed by atoms with Crippen LogP contribution in [0.5, 0.6) is 0 Å². The summed E-state index contributed by atoms with van der Waals surface area (Å²) >= 11 is 0. The van der Waals surface area contributed by atoms with Crippen LogP contribution >= 0.6 is 0 Å². The number of nitro groups is 1. The average Bonchev–Trinajstić information content (AvgIpc) is 2.26. The molecule has 0 heterocycles. The Balaban J connectivity index is -0.000000131. The number of hydrogen-bond acceptors (Lipinski definition) is 2. The maximum absolute atomic E-state index is 10.2. The second-order valence-corrected chi connectivity index (χ2v) is 6.56. The second kappa shape index (κ2) is 17.5. The van der Waals surface area contributed by atoms with Crippen LogP contribution in [0.4, 0.5) is 0 Å². The Morgan fingerprint density at radius 1 is 0.857 bits per heavy atom. The summed E-state index contributed by atoms with van der Waals surface area (Å²) < 4.78 is 0. The zero-order valence-electron chi connectivity index (χ0n) is 14.1. The first-order chi connectivity index (χ1) is 8.72. The highest BCUT2D eigenvalue weighted by molar-refractivity contribution is 4.57. The van der Waals surface area contributed by atoms with Gasteiger partial charge in [-0.05, 0) is 37.0 Å². The molecule has 0 aliphatic carbocycles. The summed E-state index contributed by atoms with van der Waals surface area (Å²) in [6, 6.07) is 0. The van der Waals surface area contributed by atoms with Crippen LogP contribution in [0.3, 0.4) is 0 Å². The van der Waals surface area contributed by atoms with Gasteiger partial charge in [0.05, 0.1) is 0 Å². The quantitative estimate of drug-likeness (QED) is 0.370. The van der Waals surface area contributed by atoms with Gasteiger partial charge in [0.1, 0.15) is 0 Å². The Bertz CT molecular complexity index is 215. The Kier molecular flexibility index (Phi) is 23.7. The van der Waals surface area contributed by atoms with Gasteiger partial charge in [0.15, 0.2) is 0 Å². The van der Waals surface area contributed by atoms with E-state index in [1.54, 1.807) is 0 Å². The van der Waals surface area contributed by atoms with Crippen molar-refractivity contribution in [1.82, 2.24) is 0 Å². The fourth-order valence-corrected chi connectivity index (χ4v) is 2.22. The number of nitrogens with zero attached hydrogens (tertiary/aromatic N) is 1. The lowest BCUT2D eigenvalue weighted by Gasteiger charge is -2.11. The van der Waals surface area contributed by atoms with Crippen LogP contribution in [-0.2, 0) is 0 Å². The molecular formula is C18H43NO2. The topological polar surface area (TPSA) is 43.1 Å². The van der Waals surface area contributed by atoms with Gasteiger partial charge in [-0.3, -0.25) is 10.1 Å². The zero-order chi connectivity index (χ0) is 15.4. The third-order valence-corrected chi connectivity index (χ3v) is 3.36. The highest BCUT2D eigenvalue weighted by Crippen LogP contribution is 2.14. The molecule has 0 aromatic carbocycles. The van der Waals surface area contributed by atoms with Crippen LogP contribution in [0, 0.1) is 33.8 Å². The van der Waals surface area contributed by atoms with Crippen molar-refractivity contribution in [3.8, 4) is 0 Å². The van der Waals surface area contributed by atoms with E-state index in [2.05, 4.69) is 41.5 Å². The molecule has 0 N–H and O–H groups in total. The van der Waals surface area contributed by atoms with Gasteiger partial charge >= 0.3 is 0 Å². The van der Waals surface area contributed by atoms with Gasteiger partial charge in [0.2, 0.25) is 6.54 Å². The van der Waals surface area contributed by atoms with Gasteiger partial charge in [-0.1, -0.05) is 69.7 Å². The SMILES string of the molecule is C.C.CC[C@H](C)CC(C)C.CC[C@H](CC(C)C)C[N+](=O)[O-]. The van der Waals surface area contributed by atoms with Crippen LogP contribution in [-0.4, -0.2) is 11.5 Å². The van der Waals surface area contributed by atoms with Crippen molar-refractivity contribution in [3.63, 3.8) is 0 Å². The molecule has 0 unspecified atom stereocenters. The molecule has 0 fully saturated rings. The van der Waals surface area contributed by atoms with Crippen molar-refractivity contribution < 1.29 is 4.92 Å². The van der Waals surface area contributed by atoms with Gasteiger partial charge in [0, 0.05) is 10.8 Å². The maximum atomic E-state index is 10.2. The fourth-order valence-electron chi connectivity index (χ4n) is 2.22. The van der Waals surface area contributed by atoms with Crippen molar-refractivity contribution in [2.24, 2.45) is 23.7 Å². The van der Waals surface area contributed by atoms with Crippen LogP contribution < -0.4 is 0 Å². The molecule has 0 radical (unpaired) electrons. The minimum absolute atomic E-state index is 0. The molecule has 2 atom stereocenters. The lowest BCUT2D eigenvalue weighted by atomic mass is 9.95. The van der Waals surface area contributed by atoms with Crippen molar-refractivity contribution in [2.75, 3.05) is 6.54 Å². The zero-order valence-corrected chi connectivity index (χ0v) is 14.1. The molecule has 0 saturated heterocycles. The van der Waals surface area contributed by atoms with E-state index in [-0.39, 0.29) is 32.2 Å². The summed E-state index contributed by atoms with van der Waals surface area (Å²) in [7, 11) is 0.